The molecule has 0 amide bonds. The van der Waals surface area contributed by atoms with Crippen LogP contribution in [0.25, 0.3) is 16.3 Å². The number of hydrogen-bond donors (Lipinski definition) is 1. The molecule has 0 aliphatic heterocycles. The monoisotopic (exact) mass is 396 g/mol. The van der Waals surface area contributed by atoms with Crippen LogP contribution < -0.4 is 5.56 Å². The highest BCUT2D eigenvalue weighted by molar-refractivity contribution is 6.16. The average Bonchev–Trinajstić information content (AvgIpc) is 2.61. The van der Waals surface area contributed by atoms with Gasteiger partial charge in [-0.1, -0.05) is 36.4 Å². The van der Waals surface area contributed by atoms with Crippen LogP contribution in [0, 0.1) is 0 Å². The van der Waals surface area contributed by atoms with Crippen LogP contribution in [0.5, 0.6) is 0 Å². The first-order chi connectivity index (χ1) is 13.5. The van der Waals surface area contributed by atoms with E-state index in [1.165, 1.54) is 4.57 Å². The number of ether oxygens (including phenoxy) is 1. The molecule has 0 bridgehead atoms. The summed E-state index contributed by atoms with van der Waals surface area (Å²) in [6.07, 6.45) is 2.12. The van der Waals surface area contributed by atoms with E-state index in [0.717, 1.165) is 5.57 Å². The number of nitrogens with zero attached hydrogens (tertiary/aromatic N) is 2. The first-order valence-electron chi connectivity index (χ1n) is 9.30. The van der Waals surface area contributed by atoms with Gasteiger partial charge in [-0.25, -0.2) is 4.79 Å². The van der Waals surface area contributed by atoms with Crippen LogP contribution in [0.1, 0.15) is 45.1 Å². The Morgan fingerprint density at radius 2 is 1.86 bits per heavy atom. The van der Waals surface area contributed by atoms with Crippen LogP contribution in [0.4, 0.5) is 0 Å². The minimum Gasteiger partial charge on any atom is -0.479 e. The Bertz CT molecular complexity index is 1070. The van der Waals surface area contributed by atoms with Crippen LogP contribution in [-0.2, 0) is 16.6 Å². The number of carboxylic acid groups (broad SMARTS) is 1. The predicted molar refractivity (Wildman–Crippen MR) is 118 cm³/mol. The summed E-state index contributed by atoms with van der Waals surface area (Å²) >= 11 is 0. The second kappa shape index (κ2) is 8.57. The number of allylic oxidation sites excluding steroid dienone is 3. The predicted octanol–water partition coefficient (Wildman–Crippen LogP) is 4.14. The van der Waals surface area contributed by atoms with Crippen LogP contribution in [0.3, 0.4) is 0 Å². The minimum atomic E-state index is -1.34. The molecule has 154 valence electrons. The number of benzene rings is 1. The summed E-state index contributed by atoms with van der Waals surface area (Å²) in [6, 6.07) is 7.13. The third-order valence-electron chi connectivity index (χ3n) is 4.25. The SMILES string of the molecule is C=C(C)/C=C(\C=NC)c1c(C(OC(C)(C)C)C(=O)O)n(C)c(=O)c2ccccc12. The van der Waals surface area contributed by atoms with Gasteiger partial charge in [0.25, 0.3) is 5.56 Å². The average molecular weight is 396 g/mol. The van der Waals surface area contributed by atoms with Gasteiger partial charge in [0.1, 0.15) is 0 Å². The lowest BCUT2D eigenvalue weighted by atomic mass is 9.93. The normalized spacial score (nSPS) is 13.8. The van der Waals surface area contributed by atoms with Crippen molar-refractivity contribution in [2.24, 2.45) is 12.0 Å². The maximum atomic E-state index is 13.0. The van der Waals surface area contributed by atoms with E-state index in [2.05, 4.69) is 11.6 Å². The lowest BCUT2D eigenvalue weighted by Gasteiger charge is -2.28. The van der Waals surface area contributed by atoms with Crippen LogP contribution in [-0.4, -0.2) is 34.5 Å². The van der Waals surface area contributed by atoms with E-state index in [0.29, 0.717) is 21.9 Å². The first kappa shape index (κ1) is 22.3. The summed E-state index contributed by atoms with van der Waals surface area (Å²) in [4.78, 5) is 29.4. The zero-order valence-electron chi connectivity index (χ0n) is 17.8. The van der Waals surface area contributed by atoms with Crippen LogP contribution in [0.15, 0.2) is 52.3 Å². The van der Waals surface area contributed by atoms with Crippen molar-refractivity contribution in [1.29, 1.82) is 0 Å². The molecule has 0 radical (unpaired) electrons. The number of fused-ring (bicyclic) bond motifs is 1. The third-order valence-corrected chi connectivity index (χ3v) is 4.25. The molecule has 0 fully saturated rings. The molecule has 1 unspecified atom stereocenters. The Morgan fingerprint density at radius 1 is 1.28 bits per heavy atom. The molecule has 0 saturated carbocycles. The van der Waals surface area contributed by atoms with Crippen molar-refractivity contribution in [1.82, 2.24) is 4.57 Å². The summed E-state index contributed by atoms with van der Waals surface area (Å²) in [7, 11) is 3.20. The number of aliphatic imine (C=N–C) groups is 1. The van der Waals surface area contributed by atoms with Gasteiger partial charge in [0.05, 0.1) is 11.3 Å². The van der Waals surface area contributed by atoms with Gasteiger partial charge >= 0.3 is 5.97 Å². The van der Waals surface area contributed by atoms with Gasteiger partial charge in [-0.15, -0.1) is 0 Å². The summed E-state index contributed by atoms with van der Waals surface area (Å²) in [5, 5.41) is 11.1. The lowest BCUT2D eigenvalue weighted by molar-refractivity contribution is -0.161. The van der Waals surface area contributed by atoms with Gasteiger partial charge in [-0.2, -0.15) is 0 Å². The molecule has 0 aliphatic rings. The van der Waals surface area contributed by atoms with Crippen molar-refractivity contribution < 1.29 is 14.6 Å². The van der Waals surface area contributed by atoms with Crippen LogP contribution in [0.2, 0.25) is 0 Å². The standard InChI is InChI=1S/C23H28N2O4/c1-14(2)12-15(13-24-6)18-16-10-8-9-11-17(16)21(26)25(7)19(18)20(22(27)28)29-23(3,4)5/h8-13,20H,1H2,2-7H3,(H,27,28)/b15-12+,24-13?. The van der Waals surface area contributed by atoms with Crippen molar-refractivity contribution in [3.63, 3.8) is 0 Å². The molecule has 0 spiro atoms. The fraction of sp³-hybridized carbons (Fsp3) is 0.348. The molecule has 1 heterocycles. The Balaban J connectivity index is 3.08. The topological polar surface area (TPSA) is 80.9 Å². The smallest absolute Gasteiger partial charge is 0.339 e. The molecular weight excluding hydrogens is 368 g/mol. The molecule has 6 heteroatoms. The Labute approximate surface area is 170 Å². The largest absolute Gasteiger partial charge is 0.479 e. The highest BCUT2D eigenvalue weighted by Crippen LogP contribution is 2.34. The van der Waals surface area contributed by atoms with Crippen molar-refractivity contribution in [2.45, 2.75) is 39.4 Å². The molecule has 1 aromatic heterocycles. The fourth-order valence-corrected chi connectivity index (χ4v) is 3.25. The van der Waals surface area contributed by atoms with E-state index < -0.39 is 17.7 Å². The highest BCUT2D eigenvalue weighted by atomic mass is 16.5. The molecule has 6 nitrogen and oxygen atoms in total. The number of rotatable bonds is 6. The van der Waals surface area contributed by atoms with Crippen molar-refractivity contribution >= 4 is 28.5 Å². The minimum absolute atomic E-state index is 0.267. The van der Waals surface area contributed by atoms with Gasteiger partial charge < -0.3 is 14.4 Å². The number of carboxylic acids is 1. The molecule has 1 N–H and O–H groups in total. The molecule has 1 aromatic carbocycles. The summed E-state index contributed by atoms with van der Waals surface area (Å²) in [5.74, 6) is -1.17. The van der Waals surface area contributed by atoms with E-state index in [-0.39, 0.29) is 11.3 Å². The van der Waals surface area contributed by atoms with Gasteiger partial charge in [-0.3, -0.25) is 9.79 Å². The number of carbonyl (C=O) groups is 1. The molecule has 0 saturated heterocycles. The Morgan fingerprint density at radius 3 is 2.34 bits per heavy atom. The molecule has 0 aliphatic carbocycles. The summed E-state index contributed by atoms with van der Waals surface area (Å²) in [5.41, 5.74) is 1.26. The summed E-state index contributed by atoms with van der Waals surface area (Å²) < 4.78 is 7.25. The Hall–Kier alpha value is -2.99. The second-order valence-corrected chi connectivity index (χ2v) is 7.95. The number of pyridine rings is 1. The van der Waals surface area contributed by atoms with E-state index in [4.69, 9.17) is 4.74 Å². The zero-order chi connectivity index (χ0) is 21.9. The highest BCUT2D eigenvalue weighted by Gasteiger charge is 2.33. The van der Waals surface area contributed by atoms with Gasteiger partial charge in [-0.05, 0) is 39.1 Å². The molecule has 29 heavy (non-hydrogen) atoms. The zero-order valence-corrected chi connectivity index (χ0v) is 17.8. The van der Waals surface area contributed by atoms with Gasteiger partial charge in [0.15, 0.2) is 6.10 Å². The first-order valence-corrected chi connectivity index (χ1v) is 9.30. The van der Waals surface area contributed by atoms with Crippen LogP contribution >= 0.6 is 0 Å². The van der Waals surface area contributed by atoms with Crippen molar-refractivity contribution in [2.75, 3.05) is 7.05 Å². The maximum Gasteiger partial charge on any atom is 0.339 e. The van der Waals surface area contributed by atoms with E-state index in [9.17, 15) is 14.7 Å². The second-order valence-electron chi connectivity index (χ2n) is 7.95. The van der Waals surface area contributed by atoms with Gasteiger partial charge in [0, 0.05) is 36.8 Å². The van der Waals surface area contributed by atoms with E-state index in [1.54, 1.807) is 59.3 Å². The molecule has 1 atom stereocenters. The number of aliphatic carboxylic acids is 1. The quantitative estimate of drug-likeness (QED) is 0.588. The van der Waals surface area contributed by atoms with E-state index in [1.807, 2.05) is 19.1 Å². The Kier molecular flexibility index (Phi) is 6.59. The van der Waals surface area contributed by atoms with E-state index >= 15 is 0 Å². The number of hydrogen-bond acceptors (Lipinski definition) is 4. The van der Waals surface area contributed by atoms with Crippen molar-refractivity contribution in [3.8, 4) is 0 Å². The fourth-order valence-electron chi connectivity index (χ4n) is 3.25. The van der Waals surface area contributed by atoms with Crippen molar-refractivity contribution in [3.05, 3.63) is 64.1 Å². The molecule has 2 rings (SSSR count). The maximum absolute atomic E-state index is 13.0. The molecular formula is C23H28N2O4. The molecule has 2 aromatic rings. The van der Waals surface area contributed by atoms with Gasteiger partial charge in [0.2, 0.25) is 0 Å². The lowest BCUT2D eigenvalue weighted by Crippen LogP contribution is -2.33. The summed E-state index contributed by atoms with van der Waals surface area (Å²) in [6.45, 7) is 11.1. The number of aromatic nitrogens is 1. The third kappa shape index (κ3) is 4.90.